The van der Waals surface area contributed by atoms with Crippen LogP contribution in [0.15, 0.2) is 38.8 Å². The number of ether oxygens (including phenoxy) is 1. The number of thioether (sulfide) groups is 1. The molecule has 2 heterocycles. The molecule has 3 aromatic rings. The molecule has 0 saturated carbocycles. The van der Waals surface area contributed by atoms with E-state index in [1.807, 2.05) is 44.4 Å². The van der Waals surface area contributed by atoms with Gasteiger partial charge in [-0.05, 0) is 67.9 Å². The number of carbonyl (C=O) groups excluding carboxylic acids is 1. The molecule has 0 aliphatic rings. The van der Waals surface area contributed by atoms with Gasteiger partial charge in [-0.3, -0.25) is 0 Å². The number of hydrogen-bond acceptors (Lipinski definition) is 7. The van der Waals surface area contributed by atoms with E-state index in [0.717, 1.165) is 40.0 Å². The Kier molecular flexibility index (Phi) is 6.65. The van der Waals surface area contributed by atoms with E-state index in [-0.39, 0.29) is 10.1 Å². The number of aryl methyl sites for hydroxylation is 2. The molecule has 31 heavy (non-hydrogen) atoms. The van der Waals surface area contributed by atoms with Crippen molar-refractivity contribution in [2.75, 3.05) is 7.11 Å². The third-order valence-electron chi connectivity index (χ3n) is 4.87. The Morgan fingerprint density at radius 3 is 2.61 bits per heavy atom. The third-order valence-corrected chi connectivity index (χ3v) is 5.72. The van der Waals surface area contributed by atoms with Gasteiger partial charge in [-0.2, -0.15) is 0 Å². The molecule has 0 saturated heterocycles. The number of methoxy groups -OCH3 is 1. The number of aliphatic carboxylic acids is 1. The summed E-state index contributed by atoms with van der Waals surface area (Å²) in [4.78, 5) is 24.0. The maximum absolute atomic E-state index is 12.1. The molecule has 162 valence electrons. The average Bonchev–Trinajstić information content (AvgIpc) is 3.31. The lowest BCUT2D eigenvalue weighted by atomic mass is 10.1. The molecule has 0 radical (unpaired) electrons. The zero-order chi connectivity index (χ0) is 22.7. The van der Waals surface area contributed by atoms with E-state index in [2.05, 4.69) is 10.2 Å². The highest BCUT2D eigenvalue weighted by Crippen LogP contribution is 2.31. The summed E-state index contributed by atoms with van der Waals surface area (Å²) in [6.45, 7) is 7.56. The van der Waals surface area contributed by atoms with Crippen LogP contribution in [0.3, 0.4) is 0 Å². The zero-order valence-electron chi connectivity index (χ0n) is 17.9. The van der Waals surface area contributed by atoms with Crippen molar-refractivity contribution in [1.29, 1.82) is 0 Å². The van der Waals surface area contributed by atoms with Gasteiger partial charge in [-0.1, -0.05) is 13.0 Å². The van der Waals surface area contributed by atoms with Gasteiger partial charge in [0.15, 0.2) is 0 Å². The van der Waals surface area contributed by atoms with E-state index in [1.165, 1.54) is 7.11 Å². The monoisotopic (exact) mass is 441 g/mol. The van der Waals surface area contributed by atoms with Crippen LogP contribution in [0, 0.1) is 20.8 Å². The van der Waals surface area contributed by atoms with Crippen LogP contribution in [0.1, 0.15) is 45.7 Å². The second kappa shape index (κ2) is 9.22. The number of nitrogens with zero attached hydrogens (tertiary/aromatic N) is 3. The van der Waals surface area contributed by atoms with E-state index < -0.39 is 11.9 Å². The van der Waals surface area contributed by atoms with Crippen LogP contribution in [-0.4, -0.2) is 38.9 Å². The number of carboxylic acids is 1. The number of rotatable bonds is 7. The molecule has 0 aliphatic heterocycles. The van der Waals surface area contributed by atoms with Crippen molar-refractivity contribution >= 4 is 29.8 Å². The SMILES string of the molecule is CCc1nnc(S/C(=C/c2cc(C)n(-c3cccc(C(=O)OC)c3C)c2C)C(=O)O)o1. The fourth-order valence-corrected chi connectivity index (χ4v) is 3.97. The summed E-state index contributed by atoms with van der Waals surface area (Å²) in [5, 5.41) is 17.6. The van der Waals surface area contributed by atoms with Crippen molar-refractivity contribution in [3.63, 3.8) is 0 Å². The Morgan fingerprint density at radius 2 is 2.00 bits per heavy atom. The fraction of sp³-hybridized carbons (Fsp3) is 0.273. The highest BCUT2D eigenvalue weighted by molar-refractivity contribution is 8.03. The summed E-state index contributed by atoms with van der Waals surface area (Å²) < 4.78 is 12.3. The van der Waals surface area contributed by atoms with E-state index in [4.69, 9.17) is 9.15 Å². The van der Waals surface area contributed by atoms with Gasteiger partial charge < -0.3 is 18.8 Å². The minimum Gasteiger partial charge on any atom is -0.477 e. The topological polar surface area (TPSA) is 107 Å². The van der Waals surface area contributed by atoms with Gasteiger partial charge in [0.1, 0.15) is 4.91 Å². The molecular formula is C22H23N3O5S. The van der Waals surface area contributed by atoms with Gasteiger partial charge in [0, 0.05) is 23.5 Å². The lowest BCUT2D eigenvalue weighted by Gasteiger charge is -2.15. The first-order valence-corrected chi connectivity index (χ1v) is 10.4. The van der Waals surface area contributed by atoms with Crippen LogP contribution in [0.5, 0.6) is 0 Å². The highest BCUT2D eigenvalue weighted by Gasteiger charge is 2.19. The molecule has 0 bridgehead atoms. The van der Waals surface area contributed by atoms with Crippen molar-refractivity contribution in [3.8, 4) is 5.69 Å². The highest BCUT2D eigenvalue weighted by atomic mass is 32.2. The molecule has 1 N–H and O–H groups in total. The number of carbonyl (C=O) groups is 2. The van der Waals surface area contributed by atoms with Crippen LogP contribution in [0.4, 0.5) is 0 Å². The summed E-state index contributed by atoms with van der Waals surface area (Å²) in [6, 6.07) is 7.32. The number of aromatic nitrogens is 3. The molecule has 3 rings (SSSR count). The molecule has 0 aliphatic carbocycles. The van der Waals surface area contributed by atoms with Gasteiger partial charge in [0.2, 0.25) is 5.89 Å². The predicted octanol–water partition coefficient (Wildman–Crippen LogP) is 4.35. The Hall–Kier alpha value is -3.33. The largest absolute Gasteiger partial charge is 0.477 e. The number of hydrogen-bond donors (Lipinski definition) is 1. The Labute approximate surface area is 183 Å². The maximum atomic E-state index is 12.1. The van der Waals surface area contributed by atoms with Gasteiger partial charge in [-0.25, -0.2) is 9.59 Å². The van der Waals surface area contributed by atoms with Gasteiger partial charge >= 0.3 is 11.9 Å². The molecule has 0 unspecified atom stereocenters. The molecule has 9 heteroatoms. The van der Waals surface area contributed by atoms with Crippen molar-refractivity contribution in [2.24, 2.45) is 0 Å². The van der Waals surface area contributed by atoms with Crippen molar-refractivity contribution < 1.29 is 23.8 Å². The zero-order valence-corrected chi connectivity index (χ0v) is 18.7. The minimum atomic E-state index is -1.09. The average molecular weight is 442 g/mol. The Bertz CT molecular complexity index is 1180. The van der Waals surface area contributed by atoms with Crippen LogP contribution in [0.25, 0.3) is 11.8 Å². The molecule has 0 atom stereocenters. The Morgan fingerprint density at radius 1 is 1.26 bits per heavy atom. The molecule has 0 fully saturated rings. The minimum absolute atomic E-state index is 0.0617. The Balaban J connectivity index is 2.04. The molecule has 1 aromatic carbocycles. The van der Waals surface area contributed by atoms with Crippen molar-refractivity contribution in [1.82, 2.24) is 14.8 Å². The number of carboxylic acid groups (broad SMARTS) is 1. The molecule has 0 amide bonds. The maximum Gasteiger partial charge on any atom is 0.342 e. The van der Waals surface area contributed by atoms with Crippen LogP contribution >= 0.6 is 11.8 Å². The second-order valence-electron chi connectivity index (χ2n) is 6.83. The van der Waals surface area contributed by atoms with Gasteiger partial charge in [0.25, 0.3) is 5.22 Å². The predicted molar refractivity (Wildman–Crippen MR) is 116 cm³/mol. The molecule has 0 spiro atoms. The quantitative estimate of drug-likeness (QED) is 0.327. The normalized spacial score (nSPS) is 11.6. The van der Waals surface area contributed by atoms with E-state index >= 15 is 0 Å². The summed E-state index contributed by atoms with van der Waals surface area (Å²) in [7, 11) is 1.35. The van der Waals surface area contributed by atoms with Crippen LogP contribution in [-0.2, 0) is 16.0 Å². The van der Waals surface area contributed by atoms with Gasteiger partial charge in [-0.15, -0.1) is 10.2 Å². The molecular weight excluding hydrogens is 418 g/mol. The van der Waals surface area contributed by atoms with Crippen LogP contribution in [0.2, 0.25) is 0 Å². The summed E-state index contributed by atoms with van der Waals surface area (Å²) in [5.41, 5.74) is 4.55. The second-order valence-corrected chi connectivity index (χ2v) is 7.83. The first-order chi connectivity index (χ1) is 14.8. The number of benzene rings is 1. The lowest BCUT2D eigenvalue weighted by molar-refractivity contribution is -0.131. The first kappa shape index (κ1) is 22.4. The number of esters is 1. The lowest BCUT2D eigenvalue weighted by Crippen LogP contribution is -2.08. The molecule has 2 aromatic heterocycles. The van der Waals surface area contributed by atoms with Crippen molar-refractivity contribution in [3.05, 3.63) is 63.1 Å². The summed E-state index contributed by atoms with van der Waals surface area (Å²) in [6.07, 6.45) is 2.16. The molecule has 8 nitrogen and oxygen atoms in total. The standard InChI is InChI=1S/C22H23N3O5S/c1-6-19-23-24-22(30-19)31-18(20(26)27)11-15-10-12(2)25(14(15)4)17-9-7-8-16(13(17)3)21(28)29-5/h7-11H,6H2,1-5H3,(H,26,27)/b18-11+. The van der Waals surface area contributed by atoms with Crippen molar-refractivity contribution in [2.45, 2.75) is 39.3 Å². The first-order valence-electron chi connectivity index (χ1n) is 9.59. The third kappa shape index (κ3) is 4.56. The van der Waals surface area contributed by atoms with E-state index in [9.17, 15) is 14.7 Å². The van der Waals surface area contributed by atoms with Crippen LogP contribution < -0.4 is 0 Å². The van der Waals surface area contributed by atoms with E-state index in [1.54, 1.807) is 18.2 Å². The summed E-state index contributed by atoms with van der Waals surface area (Å²) >= 11 is 0.911. The van der Waals surface area contributed by atoms with E-state index in [0.29, 0.717) is 17.9 Å². The fourth-order valence-electron chi connectivity index (χ4n) is 3.29. The summed E-state index contributed by atoms with van der Waals surface area (Å²) in [5.74, 6) is -1.04. The van der Waals surface area contributed by atoms with Gasteiger partial charge in [0.05, 0.1) is 12.7 Å². The smallest absolute Gasteiger partial charge is 0.342 e.